The highest BCUT2D eigenvalue weighted by atomic mass is 19.1. The molecule has 0 unspecified atom stereocenters. The normalized spacial score (nSPS) is 15.1. The van der Waals surface area contributed by atoms with Crippen molar-refractivity contribution in [3.05, 3.63) is 23.8 Å². The molecular formula is C10H10F2N2O. The highest BCUT2D eigenvalue weighted by Gasteiger charge is 2.30. The smallest absolute Gasteiger partial charge is 0.227 e. The van der Waals surface area contributed by atoms with E-state index in [1.807, 2.05) is 0 Å². The molecule has 1 amide bonds. The molecule has 1 aromatic carbocycles. The third-order valence-corrected chi connectivity index (χ3v) is 2.28. The van der Waals surface area contributed by atoms with E-state index in [-0.39, 0.29) is 23.2 Å². The Morgan fingerprint density at radius 1 is 1.40 bits per heavy atom. The molecule has 1 aliphatic carbocycles. The monoisotopic (exact) mass is 212 g/mol. The first-order chi connectivity index (χ1) is 7.08. The Balaban J connectivity index is 2.23. The number of hydrogen-bond acceptors (Lipinski definition) is 2. The predicted octanol–water partition coefficient (Wildman–Crippen LogP) is 1.90. The molecule has 1 aliphatic rings. The number of anilines is 2. The van der Waals surface area contributed by atoms with Gasteiger partial charge < -0.3 is 11.1 Å². The predicted molar refractivity (Wildman–Crippen MR) is 52.1 cm³/mol. The standard InChI is InChI=1S/C10H10F2N2O/c11-6-3-7(12)9(8(13)4-6)14-10(15)5-1-2-5/h3-5H,1-2,13H2,(H,14,15). The van der Waals surface area contributed by atoms with Crippen molar-refractivity contribution in [3.8, 4) is 0 Å². The first-order valence-electron chi connectivity index (χ1n) is 4.63. The molecule has 3 nitrogen and oxygen atoms in total. The SMILES string of the molecule is Nc1cc(F)cc(F)c1NC(=O)C1CC1. The van der Waals surface area contributed by atoms with Crippen LogP contribution in [0.25, 0.3) is 0 Å². The molecule has 0 spiro atoms. The molecule has 2 rings (SSSR count). The Kier molecular flexibility index (Phi) is 2.30. The van der Waals surface area contributed by atoms with Crippen molar-refractivity contribution in [1.82, 2.24) is 0 Å². The average molecular weight is 212 g/mol. The number of nitrogen functional groups attached to an aromatic ring is 1. The zero-order valence-corrected chi connectivity index (χ0v) is 7.89. The summed E-state index contributed by atoms with van der Waals surface area (Å²) in [5, 5.41) is 2.36. The first-order valence-corrected chi connectivity index (χ1v) is 4.63. The van der Waals surface area contributed by atoms with Crippen LogP contribution in [0.1, 0.15) is 12.8 Å². The van der Waals surface area contributed by atoms with Gasteiger partial charge in [0.2, 0.25) is 5.91 Å². The highest BCUT2D eigenvalue weighted by Crippen LogP contribution is 2.32. The van der Waals surface area contributed by atoms with Gasteiger partial charge in [-0.1, -0.05) is 0 Å². The molecule has 3 N–H and O–H groups in total. The van der Waals surface area contributed by atoms with E-state index in [2.05, 4.69) is 5.32 Å². The largest absolute Gasteiger partial charge is 0.397 e. The van der Waals surface area contributed by atoms with E-state index in [1.165, 1.54) is 0 Å². The Morgan fingerprint density at radius 2 is 2.07 bits per heavy atom. The Hall–Kier alpha value is -1.65. The summed E-state index contributed by atoms with van der Waals surface area (Å²) in [4.78, 5) is 11.3. The van der Waals surface area contributed by atoms with Crippen LogP contribution >= 0.6 is 0 Å². The van der Waals surface area contributed by atoms with Crippen molar-refractivity contribution < 1.29 is 13.6 Å². The second-order valence-corrected chi connectivity index (χ2v) is 3.62. The van der Waals surface area contributed by atoms with Gasteiger partial charge in [0.15, 0.2) is 5.82 Å². The number of carbonyl (C=O) groups is 1. The summed E-state index contributed by atoms with van der Waals surface area (Å²) in [6.45, 7) is 0. The van der Waals surface area contributed by atoms with Gasteiger partial charge in [0.25, 0.3) is 0 Å². The number of nitrogens with one attached hydrogen (secondary N) is 1. The molecule has 0 radical (unpaired) electrons. The van der Waals surface area contributed by atoms with Crippen LogP contribution in [0.2, 0.25) is 0 Å². The lowest BCUT2D eigenvalue weighted by Crippen LogP contribution is -2.16. The molecule has 0 aliphatic heterocycles. The van der Waals surface area contributed by atoms with E-state index in [1.54, 1.807) is 0 Å². The summed E-state index contributed by atoms with van der Waals surface area (Å²) >= 11 is 0. The maximum Gasteiger partial charge on any atom is 0.227 e. The lowest BCUT2D eigenvalue weighted by molar-refractivity contribution is -0.117. The van der Waals surface area contributed by atoms with Gasteiger partial charge in [-0.15, -0.1) is 0 Å². The van der Waals surface area contributed by atoms with E-state index in [4.69, 9.17) is 5.73 Å². The molecule has 0 saturated heterocycles. The van der Waals surface area contributed by atoms with Gasteiger partial charge >= 0.3 is 0 Å². The lowest BCUT2D eigenvalue weighted by atomic mass is 10.2. The number of carbonyl (C=O) groups excluding carboxylic acids is 1. The first kappa shape index (κ1) is 9.89. The summed E-state index contributed by atoms with van der Waals surface area (Å²) in [5.74, 6) is -1.91. The van der Waals surface area contributed by atoms with E-state index >= 15 is 0 Å². The topological polar surface area (TPSA) is 55.1 Å². The van der Waals surface area contributed by atoms with Crippen LogP contribution < -0.4 is 11.1 Å². The third-order valence-electron chi connectivity index (χ3n) is 2.28. The molecule has 1 fully saturated rings. The van der Waals surface area contributed by atoms with Crippen LogP contribution in [0, 0.1) is 17.6 Å². The fourth-order valence-electron chi connectivity index (χ4n) is 1.30. The summed E-state index contributed by atoms with van der Waals surface area (Å²) in [5.41, 5.74) is 5.17. The number of rotatable bonds is 2. The van der Waals surface area contributed by atoms with Gasteiger partial charge in [-0.25, -0.2) is 8.78 Å². The zero-order valence-electron chi connectivity index (χ0n) is 7.89. The fraction of sp³-hybridized carbons (Fsp3) is 0.300. The van der Waals surface area contributed by atoms with Crippen LogP contribution in [0.3, 0.4) is 0 Å². The minimum absolute atomic E-state index is 0.0474. The van der Waals surface area contributed by atoms with E-state index in [9.17, 15) is 13.6 Å². The second-order valence-electron chi connectivity index (χ2n) is 3.62. The number of amides is 1. The number of nitrogens with two attached hydrogens (primary N) is 1. The van der Waals surface area contributed by atoms with Gasteiger partial charge in [-0.3, -0.25) is 4.79 Å². The minimum Gasteiger partial charge on any atom is -0.397 e. The van der Waals surface area contributed by atoms with Gasteiger partial charge in [-0.2, -0.15) is 0 Å². The van der Waals surface area contributed by atoms with Crippen LogP contribution in [0.15, 0.2) is 12.1 Å². The third kappa shape index (κ3) is 2.06. The molecule has 15 heavy (non-hydrogen) atoms. The number of benzene rings is 1. The van der Waals surface area contributed by atoms with Crippen molar-refractivity contribution in [2.45, 2.75) is 12.8 Å². The quantitative estimate of drug-likeness (QED) is 0.735. The molecule has 1 saturated carbocycles. The van der Waals surface area contributed by atoms with Crippen molar-refractivity contribution in [2.75, 3.05) is 11.1 Å². The molecule has 5 heteroatoms. The summed E-state index contributed by atoms with van der Waals surface area (Å²) < 4.78 is 25.9. The Labute approximate surface area is 85.3 Å². The number of halogens is 2. The molecule has 80 valence electrons. The average Bonchev–Trinajstić information content (AvgIpc) is 2.93. The van der Waals surface area contributed by atoms with Gasteiger partial charge in [0.05, 0.1) is 5.69 Å². The van der Waals surface area contributed by atoms with Crippen LogP contribution in [-0.4, -0.2) is 5.91 Å². The van der Waals surface area contributed by atoms with Gasteiger partial charge in [0.1, 0.15) is 11.5 Å². The van der Waals surface area contributed by atoms with E-state index < -0.39 is 11.6 Å². The maximum atomic E-state index is 13.2. The minimum atomic E-state index is -0.846. The van der Waals surface area contributed by atoms with Crippen molar-refractivity contribution in [1.29, 1.82) is 0 Å². The van der Waals surface area contributed by atoms with Crippen LogP contribution in [-0.2, 0) is 4.79 Å². The molecular weight excluding hydrogens is 202 g/mol. The van der Waals surface area contributed by atoms with Gasteiger partial charge in [0, 0.05) is 12.0 Å². The molecule has 0 heterocycles. The highest BCUT2D eigenvalue weighted by molar-refractivity contribution is 5.96. The summed E-state index contributed by atoms with van der Waals surface area (Å²) in [6, 6.07) is 1.67. The van der Waals surface area contributed by atoms with Gasteiger partial charge in [-0.05, 0) is 18.9 Å². The van der Waals surface area contributed by atoms with Crippen molar-refractivity contribution >= 4 is 17.3 Å². The molecule has 0 aromatic heterocycles. The summed E-state index contributed by atoms with van der Waals surface area (Å²) in [7, 11) is 0. The Morgan fingerprint density at radius 3 is 2.60 bits per heavy atom. The van der Waals surface area contributed by atoms with Crippen LogP contribution in [0.4, 0.5) is 20.2 Å². The molecule has 1 aromatic rings. The van der Waals surface area contributed by atoms with Crippen LogP contribution in [0.5, 0.6) is 0 Å². The van der Waals surface area contributed by atoms with Crippen molar-refractivity contribution in [3.63, 3.8) is 0 Å². The zero-order chi connectivity index (χ0) is 11.0. The van der Waals surface area contributed by atoms with E-state index in [0.717, 1.165) is 18.9 Å². The molecule has 0 atom stereocenters. The maximum absolute atomic E-state index is 13.2. The molecule has 0 bridgehead atoms. The summed E-state index contributed by atoms with van der Waals surface area (Å²) in [6.07, 6.45) is 1.63. The second kappa shape index (κ2) is 3.49. The van der Waals surface area contributed by atoms with Crippen molar-refractivity contribution in [2.24, 2.45) is 5.92 Å². The number of hydrogen-bond donors (Lipinski definition) is 2. The Bertz CT molecular complexity index is 393. The fourth-order valence-corrected chi connectivity index (χ4v) is 1.30. The lowest BCUT2D eigenvalue weighted by Gasteiger charge is -2.08. The van der Waals surface area contributed by atoms with E-state index in [0.29, 0.717) is 6.07 Å².